The zero-order valence-corrected chi connectivity index (χ0v) is 5.11. The molecular weight excluding hydrogens is 134 g/mol. The van der Waals surface area contributed by atoms with Crippen molar-refractivity contribution < 1.29 is 9.90 Å². The van der Waals surface area contributed by atoms with Gasteiger partial charge >= 0.3 is 6.09 Å². The van der Waals surface area contributed by atoms with Crippen molar-refractivity contribution in [1.29, 1.82) is 0 Å². The van der Waals surface area contributed by atoms with E-state index in [4.69, 9.17) is 5.11 Å². The summed E-state index contributed by atoms with van der Waals surface area (Å²) in [5.74, 6) is 0. The standard InChI is InChI=1S/C5H7N3O2/c9-5(10)7-8-3-1-6-2-4-8/h1-4,6-7H,(H,9,10). The van der Waals surface area contributed by atoms with E-state index in [-0.39, 0.29) is 0 Å². The van der Waals surface area contributed by atoms with E-state index in [0.717, 1.165) is 0 Å². The number of hydrogen-bond donors (Lipinski definition) is 3. The van der Waals surface area contributed by atoms with Crippen LogP contribution >= 0.6 is 0 Å². The van der Waals surface area contributed by atoms with Crippen molar-refractivity contribution in [2.45, 2.75) is 0 Å². The number of nitrogens with one attached hydrogen (secondary N) is 2. The molecule has 1 aliphatic heterocycles. The fraction of sp³-hybridized carbons (Fsp3) is 0. The van der Waals surface area contributed by atoms with Gasteiger partial charge in [0.15, 0.2) is 0 Å². The van der Waals surface area contributed by atoms with Gasteiger partial charge in [0.1, 0.15) is 0 Å². The molecule has 1 amide bonds. The van der Waals surface area contributed by atoms with E-state index in [2.05, 4.69) is 10.7 Å². The molecule has 0 fully saturated rings. The van der Waals surface area contributed by atoms with Gasteiger partial charge in [0.25, 0.3) is 0 Å². The van der Waals surface area contributed by atoms with Gasteiger partial charge in [0.2, 0.25) is 0 Å². The second kappa shape index (κ2) is 2.77. The zero-order valence-electron chi connectivity index (χ0n) is 5.11. The maximum absolute atomic E-state index is 10.0. The van der Waals surface area contributed by atoms with Crippen molar-refractivity contribution in [3.8, 4) is 0 Å². The molecule has 3 N–H and O–H groups in total. The third-order valence-corrected chi connectivity index (χ3v) is 0.887. The number of carbonyl (C=O) groups is 1. The minimum absolute atomic E-state index is 1.09. The summed E-state index contributed by atoms with van der Waals surface area (Å²) >= 11 is 0. The fourth-order valence-electron chi connectivity index (χ4n) is 0.537. The zero-order chi connectivity index (χ0) is 7.40. The quantitative estimate of drug-likeness (QED) is 0.481. The molecule has 1 aliphatic rings. The first-order valence-corrected chi connectivity index (χ1v) is 2.66. The smallest absolute Gasteiger partial charge is 0.423 e. The molecule has 5 nitrogen and oxygen atoms in total. The van der Waals surface area contributed by atoms with Gasteiger partial charge in [-0.3, -0.25) is 5.01 Å². The van der Waals surface area contributed by atoms with E-state index >= 15 is 0 Å². The summed E-state index contributed by atoms with van der Waals surface area (Å²) in [5, 5.41) is 12.3. The van der Waals surface area contributed by atoms with Gasteiger partial charge in [-0.25, -0.2) is 10.2 Å². The van der Waals surface area contributed by atoms with Crippen LogP contribution in [0.5, 0.6) is 0 Å². The van der Waals surface area contributed by atoms with Crippen LogP contribution in [-0.2, 0) is 0 Å². The number of nitrogens with zero attached hydrogens (tertiary/aromatic N) is 1. The van der Waals surface area contributed by atoms with Crippen LogP contribution in [0.1, 0.15) is 0 Å². The molecule has 0 bridgehead atoms. The molecular formula is C5H7N3O2. The molecule has 0 saturated carbocycles. The first-order chi connectivity index (χ1) is 4.79. The van der Waals surface area contributed by atoms with Gasteiger partial charge in [0, 0.05) is 24.8 Å². The van der Waals surface area contributed by atoms with E-state index in [1.165, 1.54) is 5.01 Å². The van der Waals surface area contributed by atoms with Gasteiger partial charge in [-0.2, -0.15) is 0 Å². The van der Waals surface area contributed by atoms with Gasteiger partial charge in [-0.05, 0) is 0 Å². The molecule has 0 radical (unpaired) electrons. The Hall–Kier alpha value is -1.65. The van der Waals surface area contributed by atoms with E-state index < -0.39 is 6.09 Å². The summed E-state index contributed by atoms with van der Waals surface area (Å²) in [6, 6.07) is 0. The first kappa shape index (κ1) is 6.47. The minimum Gasteiger partial charge on any atom is -0.464 e. The lowest BCUT2D eigenvalue weighted by Gasteiger charge is -2.16. The largest absolute Gasteiger partial charge is 0.464 e. The average Bonchev–Trinajstić information content (AvgIpc) is 1.88. The molecule has 0 aromatic carbocycles. The van der Waals surface area contributed by atoms with Crippen LogP contribution in [0.25, 0.3) is 0 Å². The summed E-state index contributed by atoms with van der Waals surface area (Å²) in [6.07, 6.45) is 5.23. The predicted molar refractivity (Wildman–Crippen MR) is 34.4 cm³/mol. The molecule has 54 valence electrons. The maximum Gasteiger partial charge on any atom is 0.423 e. The molecule has 0 aliphatic carbocycles. The highest BCUT2D eigenvalue weighted by atomic mass is 16.4. The van der Waals surface area contributed by atoms with Crippen LogP contribution in [-0.4, -0.2) is 16.2 Å². The monoisotopic (exact) mass is 141 g/mol. The topological polar surface area (TPSA) is 64.6 Å². The Bertz CT molecular complexity index is 175. The lowest BCUT2D eigenvalue weighted by atomic mass is 10.7. The van der Waals surface area contributed by atoms with Crippen LogP contribution < -0.4 is 10.7 Å². The summed E-state index contributed by atoms with van der Waals surface area (Å²) in [4.78, 5) is 10.0. The Balaban J connectivity index is 2.40. The van der Waals surface area contributed by atoms with E-state index in [0.29, 0.717) is 0 Å². The Morgan fingerprint density at radius 3 is 2.60 bits per heavy atom. The lowest BCUT2D eigenvalue weighted by Crippen LogP contribution is -2.35. The molecule has 0 aromatic rings. The van der Waals surface area contributed by atoms with Crippen LogP contribution in [0, 0.1) is 0 Å². The van der Waals surface area contributed by atoms with Crippen LogP contribution in [0.2, 0.25) is 0 Å². The molecule has 0 saturated heterocycles. The molecule has 1 heterocycles. The SMILES string of the molecule is O=C(O)NN1C=CNC=C1. The highest BCUT2D eigenvalue weighted by Gasteiger charge is 1.98. The Kier molecular flexibility index (Phi) is 1.79. The van der Waals surface area contributed by atoms with Crippen LogP contribution in [0.15, 0.2) is 24.8 Å². The van der Waals surface area contributed by atoms with Crippen LogP contribution in [0.4, 0.5) is 4.79 Å². The average molecular weight is 141 g/mol. The molecule has 1 rings (SSSR count). The Morgan fingerprint density at radius 2 is 2.10 bits per heavy atom. The molecule has 10 heavy (non-hydrogen) atoms. The fourth-order valence-corrected chi connectivity index (χ4v) is 0.537. The number of carboxylic acid groups (broad SMARTS) is 1. The van der Waals surface area contributed by atoms with Crippen molar-refractivity contribution in [3.63, 3.8) is 0 Å². The van der Waals surface area contributed by atoms with Gasteiger partial charge in [0.05, 0.1) is 0 Å². The van der Waals surface area contributed by atoms with E-state index in [9.17, 15) is 4.79 Å². The Labute approximate surface area is 57.6 Å². The van der Waals surface area contributed by atoms with Gasteiger partial charge < -0.3 is 10.4 Å². The second-order valence-electron chi connectivity index (χ2n) is 1.62. The second-order valence-corrected chi connectivity index (χ2v) is 1.62. The minimum atomic E-state index is -1.09. The van der Waals surface area contributed by atoms with Gasteiger partial charge in [-0.15, -0.1) is 0 Å². The molecule has 5 heteroatoms. The molecule has 0 unspecified atom stereocenters. The highest BCUT2D eigenvalue weighted by molar-refractivity contribution is 5.64. The lowest BCUT2D eigenvalue weighted by molar-refractivity contribution is 0.175. The number of hydrogen-bond acceptors (Lipinski definition) is 3. The van der Waals surface area contributed by atoms with Crippen molar-refractivity contribution in [2.24, 2.45) is 0 Å². The Morgan fingerprint density at radius 1 is 1.50 bits per heavy atom. The third kappa shape index (κ3) is 1.70. The van der Waals surface area contributed by atoms with Crippen LogP contribution in [0.3, 0.4) is 0 Å². The molecule has 0 aromatic heterocycles. The number of rotatable bonds is 1. The van der Waals surface area contributed by atoms with E-state index in [1.807, 2.05) is 0 Å². The van der Waals surface area contributed by atoms with E-state index in [1.54, 1.807) is 24.8 Å². The van der Waals surface area contributed by atoms with Crippen molar-refractivity contribution >= 4 is 6.09 Å². The van der Waals surface area contributed by atoms with Crippen molar-refractivity contribution in [1.82, 2.24) is 15.8 Å². The number of hydrazine groups is 1. The van der Waals surface area contributed by atoms with Crippen molar-refractivity contribution in [3.05, 3.63) is 24.8 Å². The summed E-state index contributed by atoms with van der Waals surface area (Å²) in [7, 11) is 0. The van der Waals surface area contributed by atoms with Crippen molar-refractivity contribution in [2.75, 3.05) is 0 Å². The van der Waals surface area contributed by atoms with Gasteiger partial charge in [-0.1, -0.05) is 0 Å². The third-order valence-electron chi connectivity index (χ3n) is 0.887. The predicted octanol–water partition coefficient (Wildman–Crippen LogP) is 0.0166. The first-order valence-electron chi connectivity index (χ1n) is 2.66. The number of amides is 1. The molecule has 0 atom stereocenters. The summed E-state index contributed by atoms with van der Waals surface area (Å²) in [6.45, 7) is 0. The normalized spacial score (nSPS) is 14.6. The summed E-state index contributed by atoms with van der Waals surface area (Å²) in [5.41, 5.74) is 2.12. The maximum atomic E-state index is 10.0. The summed E-state index contributed by atoms with van der Waals surface area (Å²) < 4.78 is 0. The highest BCUT2D eigenvalue weighted by Crippen LogP contribution is 1.89. The molecule has 0 spiro atoms.